The second-order valence-electron chi connectivity index (χ2n) is 25.7. The van der Waals surface area contributed by atoms with Crippen LogP contribution in [0.25, 0.3) is 0 Å². The van der Waals surface area contributed by atoms with Gasteiger partial charge in [0.05, 0.1) is 36.6 Å². The average Bonchev–Trinajstić information content (AvgIpc) is 1.81. The van der Waals surface area contributed by atoms with Crippen LogP contribution >= 0.6 is 0 Å². The summed E-state index contributed by atoms with van der Waals surface area (Å²) in [5.74, 6) is -7.74. The van der Waals surface area contributed by atoms with E-state index in [1.165, 1.54) is 38.3 Å². The summed E-state index contributed by atoms with van der Waals surface area (Å²) in [6.45, 7) is 16.6. The number of imide groups is 1. The molecule has 526 valence electrons. The van der Waals surface area contributed by atoms with Crippen molar-refractivity contribution >= 4 is 76.9 Å². The van der Waals surface area contributed by atoms with Gasteiger partial charge >= 0.3 is 18.1 Å². The lowest BCUT2D eigenvalue weighted by Gasteiger charge is -2.41. The number of carboxylic acids is 1. The highest BCUT2D eigenvalue weighted by atomic mass is 16.6. The van der Waals surface area contributed by atoms with Gasteiger partial charge in [-0.1, -0.05) is 118 Å². The number of rotatable bonds is 39. The fraction of sp³-hybridized carbons (Fsp3) is 0.618. The number of primary amides is 1. The molecular weight excluding hydrogens is 1230 g/mol. The Morgan fingerprint density at radius 3 is 1.89 bits per heavy atom. The van der Waals surface area contributed by atoms with Crippen LogP contribution in [0, 0.1) is 29.6 Å². The number of likely N-dealkylation sites (tertiary alicyclic amines) is 1. The topological polar surface area (TPSA) is 364 Å². The number of urea groups is 1. The maximum absolute atomic E-state index is 14.8. The highest BCUT2D eigenvalue weighted by molar-refractivity contribution is 6.12. The molecule has 1 saturated heterocycles. The van der Waals surface area contributed by atoms with Crippen molar-refractivity contribution in [2.24, 2.45) is 35.3 Å². The van der Waals surface area contributed by atoms with Crippen LogP contribution in [-0.4, -0.2) is 198 Å². The maximum Gasteiger partial charge on any atom is 0.410 e. The van der Waals surface area contributed by atoms with E-state index in [1.54, 1.807) is 109 Å². The quantitative estimate of drug-likeness (QED) is 0.0333. The first-order chi connectivity index (χ1) is 44.9. The van der Waals surface area contributed by atoms with Gasteiger partial charge in [-0.2, -0.15) is 0 Å². The number of ether oxygens (including phenoxy) is 3. The minimum absolute atomic E-state index is 0.0752. The van der Waals surface area contributed by atoms with Gasteiger partial charge in [-0.3, -0.25) is 53.0 Å². The van der Waals surface area contributed by atoms with Gasteiger partial charge in [0.25, 0.3) is 11.8 Å². The highest BCUT2D eigenvalue weighted by Crippen LogP contribution is 2.30. The Balaban J connectivity index is 1.38. The van der Waals surface area contributed by atoms with Gasteiger partial charge in [0, 0.05) is 78.6 Å². The number of carbonyl (C=O) groups excluding carboxylic acids is 11. The number of methoxy groups -OCH3 is 2. The first-order valence-corrected chi connectivity index (χ1v) is 32.9. The molecular formula is C68H103N11O16. The molecule has 2 aliphatic rings. The SMILES string of the molecule is CC[C@H](C)[C@@H]([C@@H](CC(=O)N1CCC[C@H]1[C@H](OC)C(C)C(=O)N[C@@H](Cc1ccccc1)C(=O)O)OC)N(C)C(=O)[C@@H](NC(=O)[C@H](C(C)C)N(C)C(=O)OCc1ccc(NC(=O)[C@H](CCCNC(N)=O)NC(=O)[C@@H](NC(=O)CCCCCN2C(=O)C=CC2=O)C(C)C)cc1)C(C)C. The van der Waals surface area contributed by atoms with Crippen molar-refractivity contribution in [1.82, 2.24) is 46.2 Å². The van der Waals surface area contributed by atoms with E-state index in [0.29, 0.717) is 56.3 Å². The van der Waals surface area contributed by atoms with E-state index in [4.69, 9.17) is 19.9 Å². The smallest absolute Gasteiger partial charge is 0.410 e. The summed E-state index contributed by atoms with van der Waals surface area (Å²) < 4.78 is 17.7. The molecule has 11 atom stereocenters. The van der Waals surface area contributed by atoms with Crippen molar-refractivity contribution in [1.29, 1.82) is 0 Å². The number of likely N-dealkylation sites (N-methyl/N-ethyl adjacent to an activating group) is 2. The molecule has 0 spiro atoms. The molecule has 95 heavy (non-hydrogen) atoms. The third-order valence-electron chi connectivity index (χ3n) is 17.6. The van der Waals surface area contributed by atoms with Crippen LogP contribution < -0.4 is 37.6 Å². The van der Waals surface area contributed by atoms with Crippen molar-refractivity contribution in [3.8, 4) is 0 Å². The number of nitrogens with zero attached hydrogens (tertiary/aromatic N) is 4. The van der Waals surface area contributed by atoms with Crippen molar-refractivity contribution in [2.45, 2.75) is 194 Å². The molecule has 2 aliphatic heterocycles. The molecule has 0 radical (unpaired) electrons. The molecule has 2 aromatic rings. The molecule has 0 bridgehead atoms. The Hall–Kier alpha value is -8.46. The summed E-state index contributed by atoms with van der Waals surface area (Å²) in [4.78, 5) is 165. The molecule has 27 nitrogen and oxygen atoms in total. The van der Waals surface area contributed by atoms with Crippen molar-refractivity contribution in [2.75, 3.05) is 53.3 Å². The van der Waals surface area contributed by atoms with Crippen LogP contribution in [-0.2, 0) is 75.2 Å². The van der Waals surface area contributed by atoms with Crippen molar-refractivity contribution in [3.05, 3.63) is 77.9 Å². The summed E-state index contributed by atoms with van der Waals surface area (Å²) in [5, 5.41) is 26.4. The van der Waals surface area contributed by atoms with Gasteiger partial charge in [-0.15, -0.1) is 0 Å². The molecule has 27 heteroatoms. The molecule has 2 aromatic carbocycles. The zero-order valence-electron chi connectivity index (χ0n) is 57.5. The summed E-state index contributed by atoms with van der Waals surface area (Å²) in [6.07, 6.45) is 3.58. The number of unbranched alkanes of at least 4 members (excludes halogenated alkanes) is 2. The number of nitrogens with one attached hydrogen (secondary N) is 6. The van der Waals surface area contributed by atoms with E-state index in [9.17, 15) is 62.6 Å². The molecule has 1 fully saturated rings. The van der Waals surface area contributed by atoms with Crippen molar-refractivity contribution < 1.29 is 76.9 Å². The summed E-state index contributed by atoms with van der Waals surface area (Å²) in [5.41, 5.74) is 6.83. The van der Waals surface area contributed by atoms with Crippen LogP contribution in [0.5, 0.6) is 0 Å². The summed E-state index contributed by atoms with van der Waals surface area (Å²) in [7, 11) is 5.96. The Bertz CT molecular complexity index is 2950. The number of hydrogen-bond donors (Lipinski definition) is 8. The molecule has 0 saturated carbocycles. The zero-order chi connectivity index (χ0) is 70.8. The molecule has 0 aromatic heterocycles. The fourth-order valence-corrected chi connectivity index (χ4v) is 12.0. The van der Waals surface area contributed by atoms with Crippen LogP contribution in [0.2, 0.25) is 0 Å². The standard InChI is InChI=1S/C68H103N11O16/c1-14-43(8)59(51(93-12)38-55(83)78-36-22-26-50(78)60(94-13)44(9)61(84)73-49(66(89)90)37-45-23-17-15-18-24-45)76(10)65(88)57(41(4)5)75-64(87)58(42(6)7)77(11)68(92)95-39-46-28-30-47(31-29-46)71-62(85)48(25-21-34-70-67(69)91)72-63(86)56(40(2)3)74-52(80)27-19-16-20-35-79-53(81)32-33-54(79)82/h15,17-18,23-24,28-33,40-44,48-51,56-60H,14,16,19-22,25-27,34-39H2,1-13H3,(H,71,85)(H,72,86)(H,73,84)(H,74,80)(H,75,87)(H,89,90)(H3,69,70,91)/t43-,44?,48-,49-,50-,51+,56-,57-,58-,59-,60+/m0/s1. The number of amides is 12. The van der Waals surface area contributed by atoms with E-state index in [1.807, 2.05) is 19.9 Å². The Labute approximate surface area is 558 Å². The minimum atomic E-state index is -1.19. The summed E-state index contributed by atoms with van der Waals surface area (Å²) in [6, 6.07) is 7.86. The predicted octanol–water partition coefficient (Wildman–Crippen LogP) is 4.65. The highest BCUT2D eigenvalue weighted by Gasteiger charge is 2.44. The molecule has 0 aliphatic carbocycles. The maximum atomic E-state index is 14.8. The number of benzene rings is 2. The van der Waals surface area contributed by atoms with Crippen LogP contribution in [0.1, 0.15) is 138 Å². The third-order valence-corrected chi connectivity index (χ3v) is 17.6. The van der Waals surface area contributed by atoms with Crippen molar-refractivity contribution in [3.63, 3.8) is 0 Å². The molecule has 9 N–H and O–H groups in total. The first kappa shape index (κ1) is 79.0. The van der Waals surface area contributed by atoms with E-state index in [-0.39, 0.29) is 81.4 Å². The van der Waals surface area contributed by atoms with Gasteiger partial charge in [-0.05, 0) is 85.5 Å². The van der Waals surface area contributed by atoms with Gasteiger partial charge in [0.2, 0.25) is 41.4 Å². The van der Waals surface area contributed by atoms with Crippen LogP contribution in [0.15, 0.2) is 66.7 Å². The number of nitrogens with two attached hydrogens (primary N) is 1. The van der Waals surface area contributed by atoms with Gasteiger partial charge in [-0.25, -0.2) is 14.4 Å². The van der Waals surface area contributed by atoms with Gasteiger partial charge in [0.15, 0.2) is 0 Å². The average molecular weight is 1330 g/mol. The van der Waals surface area contributed by atoms with Gasteiger partial charge < -0.3 is 66.8 Å². The van der Waals surface area contributed by atoms with Gasteiger partial charge in [0.1, 0.15) is 36.8 Å². The Morgan fingerprint density at radius 2 is 1.33 bits per heavy atom. The van der Waals surface area contributed by atoms with Crippen LogP contribution in [0.4, 0.5) is 15.3 Å². The van der Waals surface area contributed by atoms with E-state index >= 15 is 0 Å². The number of anilines is 1. The number of carbonyl (C=O) groups is 12. The van der Waals surface area contributed by atoms with E-state index in [0.717, 1.165) is 15.4 Å². The first-order valence-electron chi connectivity index (χ1n) is 32.9. The fourth-order valence-electron chi connectivity index (χ4n) is 12.0. The molecule has 1 unspecified atom stereocenters. The van der Waals surface area contributed by atoms with E-state index in [2.05, 4.69) is 31.9 Å². The lowest BCUT2D eigenvalue weighted by atomic mass is 9.89. The van der Waals surface area contributed by atoms with Crippen LogP contribution in [0.3, 0.4) is 0 Å². The molecule has 2 heterocycles. The predicted molar refractivity (Wildman–Crippen MR) is 354 cm³/mol. The largest absolute Gasteiger partial charge is 0.480 e. The van der Waals surface area contributed by atoms with E-state index < -0.39 is 126 Å². The number of carboxylic acid groups (broad SMARTS) is 1. The number of aliphatic carboxylic acids is 1. The Kier molecular flexibility index (Phi) is 32.2. The molecule has 4 rings (SSSR count). The second-order valence-corrected chi connectivity index (χ2v) is 25.7. The lowest BCUT2D eigenvalue weighted by Crippen LogP contribution is -2.60. The minimum Gasteiger partial charge on any atom is -0.480 e. The molecule has 12 amide bonds. The second kappa shape index (κ2) is 38.8. The normalized spacial score (nSPS) is 16.9. The number of hydrogen-bond acceptors (Lipinski definition) is 15. The zero-order valence-corrected chi connectivity index (χ0v) is 57.5. The summed E-state index contributed by atoms with van der Waals surface area (Å²) >= 11 is 0. The third kappa shape index (κ3) is 23.8. The Morgan fingerprint density at radius 1 is 0.695 bits per heavy atom. The lowest BCUT2D eigenvalue weighted by molar-refractivity contribution is -0.148. The monoisotopic (exact) mass is 1330 g/mol.